The molecule has 0 unspecified atom stereocenters. The first kappa shape index (κ1) is 11.8. The molecule has 2 N–H and O–H groups in total. The fraction of sp³-hybridized carbons (Fsp3) is 0.111. The Bertz CT molecular complexity index is 678. The zero-order valence-corrected chi connectivity index (χ0v) is 10.8. The molecule has 0 heterocycles. The maximum atomic E-state index is 5.71. The van der Waals surface area contributed by atoms with Gasteiger partial charge in [0.05, 0.1) is 0 Å². The summed E-state index contributed by atoms with van der Waals surface area (Å²) in [5.74, 6) is 0. The molecular formula is C18H17N. The van der Waals surface area contributed by atoms with Crippen LogP contribution in [0.1, 0.15) is 11.1 Å². The van der Waals surface area contributed by atoms with Crippen LogP contribution in [-0.2, 0) is 12.8 Å². The van der Waals surface area contributed by atoms with E-state index in [1.807, 2.05) is 12.1 Å². The molecule has 0 atom stereocenters. The average molecular weight is 247 g/mol. The van der Waals surface area contributed by atoms with Gasteiger partial charge in [0.1, 0.15) is 0 Å². The van der Waals surface area contributed by atoms with Crippen molar-refractivity contribution in [2.24, 2.45) is 0 Å². The number of nitrogens with two attached hydrogens (primary N) is 1. The maximum absolute atomic E-state index is 5.71. The van der Waals surface area contributed by atoms with E-state index < -0.39 is 0 Å². The van der Waals surface area contributed by atoms with Crippen LogP contribution in [0.25, 0.3) is 10.8 Å². The lowest BCUT2D eigenvalue weighted by molar-refractivity contribution is 0.969. The molecule has 0 fully saturated rings. The van der Waals surface area contributed by atoms with E-state index in [1.54, 1.807) is 0 Å². The zero-order chi connectivity index (χ0) is 13.1. The monoisotopic (exact) mass is 247 g/mol. The van der Waals surface area contributed by atoms with Crippen LogP contribution in [0.15, 0.2) is 66.7 Å². The molecule has 0 aliphatic rings. The second kappa shape index (κ2) is 5.15. The molecule has 3 aromatic carbocycles. The number of fused-ring (bicyclic) bond motifs is 1. The Hall–Kier alpha value is -2.28. The molecule has 0 aliphatic carbocycles. The quantitative estimate of drug-likeness (QED) is 0.689. The molecule has 3 rings (SSSR count). The summed E-state index contributed by atoms with van der Waals surface area (Å²) >= 11 is 0. The first-order chi connectivity index (χ1) is 9.33. The Labute approximate surface area is 113 Å². The predicted octanol–water partition coefficient (Wildman–Crippen LogP) is 4.21. The minimum Gasteiger partial charge on any atom is -0.399 e. The van der Waals surface area contributed by atoms with Crippen molar-refractivity contribution < 1.29 is 0 Å². The number of nitrogen functional groups attached to an aromatic ring is 1. The highest BCUT2D eigenvalue weighted by Crippen LogP contribution is 2.20. The van der Waals surface area contributed by atoms with Crippen LogP contribution >= 0.6 is 0 Å². The van der Waals surface area contributed by atoms with E-state index in [2.05, 4.69) is 54.6 Å². The van der Waals surface area contributed by atoms with Gasteiger partial charge in [-0.1, -0.05) is 54.6 Å². The van der Waals surface area contributed by atoms with Crippen LogP contribution in [0.2, 0.25) is 0 Å². The summed E-state index contributed by atoms with van der Waals surface area (Å²) in [5, 5.41) is 2.68. The highest BCUT2D eigenvalue weighted by Gasteiger charge is 2.01. The van der Waals surface area contributed by atoms with Crippen LogP contribution in [0, 0.1) is 0 Å². The van der Waals surface area contributed by atoms with E-state index in [4.69, 9.17) is 5.73 Å². The Morgan fingerprint density at radius 2 is 1.42 bits per heavy atom. The summed E-state index contributed by atoms with van der Waals surface area (Å²) in [5.41, 5.74) is 9.28. The number of anilines is 1. The van der Waals surface area contributed by atoms with Crippen molar-refractivity contribution in [3.8, 4) is 0 Å². The lowest BCUT2D eigenvalue weighted by Crippen LogP contribution is -1.93. The van der Waals surface area contributed by atoms with Gasteiger partial charge in [0.2, 0.25) is 0 Å². The van der Waals surface area contributed by atoms with Crippen molar-refractivity contribution in [2.45, 2.75) is 12.8 Å². The second-order valence-corrected chi connectivity index (χ2v) is 4.88. The molecule has 1 heteroatoms. The standard InChI is InChI=1S/C18H17N/c19-17-12-9-14(10-13-17)8-11-16-6-3-5-15-4-1-2-7-18(15)16/h1-7,9-10,12-13H,8,11,19H2. The molecule has 0 saturated carbocycles. The van der Waals surface area contributed by atoms with Crippen molar-refractivity contribution in [3.63, 3.8) is 0 Å². The number of rotatable bonds is 3. The Balaban J connectivity index is 1.84. The summed E-state index contributed by atoms with van der Waals surface area (Å²) in [6.07, 6.45) is 2.11. The SMILES string of the molecule is Nc1ccc(CCc2cccc3ccccc23)cc1. The summed E-state index contributed by atoms with van der Waals surface area (Å²) in [4.78, 5) is 0. The van der Waals surface area contributed by atoms with Gasteiger partial charge in [-0.15, -0.1) is 0 Å². The third-order valence-corrected chi connectivity index (χ3v) is 3.54. The molecule has 0 radical (unpaired) electrons. The first-order valence-corrected chi connectivity index (χ1v) is 6.64. The molecule has 0 aromatic heterocycles. The Morgan fingerprint density at radius 1 is 0.684 bits per heavy atom. The van der Waals surface area contributed by atoms with Gasteiger partial charge in [0.25, 0.3) is 0 Å². The average Bonchev–Trinajstić information content (AvgIpc) is 2.47. The van der Waals surface area contributed by atoms with E-state index >= 15 is 0 Å². The van der Waals surface area contributed by atoms with E-state index in [-0.39, 0.29) is 0 Å². The summed E-state index contributed by atoms with van der Waals surface area (Å²) in [7, 11) is 0. The van der Waals surface area contributed by atoms with E-state index in [0.717, 1.165) is 18.5 Å². The maximum Gasteiger partial charge on any atom is 0.0314 e. The molecule has 0 bridgehead atoms. The molecule has 3 aromatic rings. The lowest BCUT2D eigenvalue weighted by Gasteiger charge is -2.07. The number of hydrogen-bond donors (Lipinski definition) is 1. The lowest BCUT2D eigenvalue weighted by atomic mass is 9.98. The Kier molecular flexibility index (Phi) is 3.20. The summed E-state index contributed by atoms with van der Waals surface area (Å²) in [6.45, 7) is 0. The van der Waals surface area contributed by atoms with Crippen LogP contribution < -0.4 is 5.73 Å². The third kappa shape index (κ3) is 2.60. The van der Waals surface area contributed by atoms with Crippen molar-refractivity contribution in [3.05, 3.63) is 77.9 Å². The Morgan fingerprint density at radius 3 is 2.26 bits per heavy atom. The highest BCUT2D eigenvalue weighted by molar-refractivity contribution is 5.85. The van der Waals surface area contributed by atoms with Crippen LogP contribution in [0.3, 0.4) is 0 Å². The smallest absolute Gasteiger partial charge is 0.0314 e. The van der Waals surface area contributed by atoms with Crippen molar-refractivity contribution in [1.82, 2.24) is 0 Å². The topological polar surface area (TPSA) is 26.0 Å². The fourth-order valence-corrected chi connectivity index (χ4v) is 2.47. The van der Waals surface area contributed by atoms with Gasteiger partial charge < -0.3 is 5.73 Å². The normalized spacial score (nSPS) is 10.7. The van der Waals surface area contributed by atoms with Crippen molar-refractivity contribution in [1.29, 1.82) is 0 Å². The van der Waals surface area contributed by atoms with E-state index in [0.29, 0.717) is 0 Å². The molecular weight excluding hydrogens is 230 g/mol. The van der Waals surface area contributed by atoms with Gasteiger partial charge in [-0.25, -0.2) is 0 Å². The molecule has 1 nitrogen and oxygen atoms in total. The van der Waals surface area contributed by atoms with Gasteiger partial charge in [0, 0.05) is 5.69 Å². The largest absolute Gasteiger partial charge is 0.399 e. The molecule has 0 aliphatic heterocycles. The molecule has 0 amide bonds. The first-order valence-electron chi connectivity index (χ1n) is 6.64. The van der Waals surface area contributed by atoms with Gasteiger partial charge in [0.15, 0.2) is 0 Å². The molecule has 94 valence electrons. The van der Waals surface area contributed by atoms with Crippen molar-refractivity contribution >= 4 is 16.5 Å². The minimum atomic E-state index is 0.828. The number of hydrogen-bond acceptors (Lipinski definition) is 1. The van der Waals surface area contributed by atoms with Crippen LogP contribution in [-0.4, -0.2) is 0 Å². The number of aryl methyl sites for hydroxylation is 2. The third-order valence-electron chi connectivity index (χ3n) is 3.54. The van der Waals surface area contributed by atoms with Gasteiger partial charge >= 0.3 is 0 Å². The summed E-state index contributed by atoms with van der Waals surface area (Å²) < 4.78 is 0. The highest BCUT2D eigenvalue weighted by atomic mass is 14.5. The van der Waals surface area contributed by atoms with Crippen LogP contribution in [0.4, 0.5) is 5.69 Å². The van der Waals surface area contributed by atoms with Gasteiger partial charge in [-0.05, 0) is 46.9 Å². The summed E-state index contributed by atoms with van der Waals surface area (Å²) in [6, 6.07) is 23.3. The van der Waals surface area contributed by atoms with Gasteiger partial charge in [-0.2, -0.15) is 0 Å². The van der Waals surface area contributed by atoms with E-state index in [1.165, 1.54) is 21.9 Å². The molecule has 0 spiro atoms. The minimum absolute atomic E-state index is 0.828. The van der Waals surface area contributed by atoms with Gasteiger partial charge in [-0.3, -0.25) is 0 Å². The van der Waals surface area contributed by atoms with Crippen LogP contribution in [0.5, 0.6) is 0 Å². The molecule has 19 heavy (non-hydrogen) atoms. The van der Waals surface area contributed by atoms with E-state index in [9.17, 15) is 0 Å². The molecule has 0 saturated heterocycles. The number of benzene rings is 3. The second-order valence-electron chi connectivity index (χ2n) is 4.88. The zero-order valence-electron chi connectivity index (χ0n) is 10.8. The van der Waals surface area contributed by atoms with Crippen molar-refractivity contribution in [2.75, 3.05) is 5.73 Å². The predicted molar refractivity (Wildman–Crippen MR) is 82.2 cm³/mol. The fourth-order valence-electron chi connectivity index (χ4n) is 2.47.